The summed E-state index contributed by atoms with van der Waals surface area (Å²) in [4.78, 5) is 32.2. The summed E-state index contributed by atoms with van der Waals surface area (Å²) in [5.41, 5.74) is 6.08. The van der Waals surface area contributed by atoms with Gasteiger partial charge in [-0.1, -0.05) is 32.0 Å². The van der Waals surface area contributed by atoms with Crippen LogP contribution in [0.3, 0.4) is 0 Å². The zero-order chi connectivity index (χ0) is 15.6. The third-order valence-electron chi connectivity index (χ3n) is 3.44. The monoisotopic (exact) mass is 325 g/mol. The lowest BCUT2D eigenvalue weighted by Gasteiger charge is -2.08. The molecular weight excluding hydrogens is 306 g/mol. The van der Waals surface area contributed by atoms with Crippen LogP contribution in [0.1, 0.15) is 30.7 Å². The van der Waals surface area contributed by atoms with Crippen LogP contribution >= 0.6 is 23.1 Å². The predicted molar refractivity (Wildman–Crippen MR) is 88.1 cm³/mol. The highest BCUT2D eigenvalue weighted by atomic mass is 32.2. The van der Waals surface area contributed by atoms with Crippen molar-refractivity contribution in [2.24, 2.45) is 11.7 Å². The van der Waals surface area contributed by atoms with Crippen molar-refractivity contribution in [1.82, 2.24) is 9.97 Å². The molecule has 1 atom stereocenters. The van der Waals surface area contributed by atoms with Gasteiger partial charge in [0, 0.05) is 4.88 Å². The number of aromatic amines is 1. The first-order valence-electron chi connectivity index (χ1n) is 6.85. The minimum absolute atomic E-state index is 0.110. The lowest BCUT2D eigenvalue weighted by Crippen LogP contribution is -2.15. The molecule has 0 aliphatic carbocycles. The Kier molecular flexibility index (Phi) is 5.05. The van der Waals surface area contributed by atoms with E-state index in [-0.39, 0.29) is 11.3 Å². The number of primary amides is 1. The van der Waals surface area contributed by atoms with E-state index in [9.17, 15) is 9.59 Å². The van der Waals surface area contributed by atoms with Crippen LogP contribution < -0.4 is 11.3 Å². The number of fused-ring (bicyclic) bond motifs is 1. The van der Waals surface area contributed by atoms with Crippen molar-refractivity contribution in [2.45, 2.75) is 38.8 Å². The molecule has 2 aromatic rings. The van der Waals surface area contributed by atoms with Gasteiger partial charge in [-0.3, -0.25) is 9.59 Å². The zero-order valence-corrected chi connectivity index (χ0v) is 14.0. The summed E-state index contributed by atoms with van der Waals surface area (Å²) >= 11 is 2.69. The molecule has 0 aliphatic heterocycles. The number of nitrogens with one attached hydrogen (secondary N) is 1. The molecule has 0 aromatic carbocycles. The lowest BCUT2D eigenvalue weighted by atomic mass is 9.98. The number of hydrogen-bond acceptors (Lipinski definition) is 5. The van der Waals surface area contributed by atoms with E-state index < -0.39 is 5.91 Å². The number of thioether (sulfide) groups is 1. The van der Waals surface area contributed by atoms with Crippen LogP contribution in [0, 0.1) is 12.8 Å². The molecule has 2 aromatic heterocycles. The number of amides is 1. The fourth-order valence-corrected chi connectivity index (χ4v) is 3.81. The molecule has 0 radical (unpaired) electrons. The normalized spacial score (nSPS) is 12.7. The molecule has 1 amide bonds. The van der Waals surface area contributed by atoms with Crippen molar-refractivity contribution in [1.29, 1.82) is 0 Å². The molecule has 0 saturated carbocycles. The Morgan fingerprint density at radius 2 is 2.24 bits per heavy atom. The first kappa shape index (κ1) is 16.0. The Hall–Kier alpha value is -1.34. The van der Waals surface area contributed by atoms with Gasteiger partial charge in [-0.15, -0.1) is 11.3 Å². The van der Waals surface area contributed by atoms with Gasteiger partial charge in [0.25, 0.3) is 5.56 Å². The number of carbonyl (C=O) groups excluding carboxylic acids is 1. The summed E-state index contributed by atoms with van der Waals surface area (Å²) in [5, 5.41) is 1.14. The third-order valence-corrected chi connectivity index (χ3v) is 5.38. The summed E-state index contributed by atoms with van der Waals surface area (Å²) < 4.78 is 0. The molecule has 0 unspecified atom stereocenters. The van der Waals surface area contributed by atoms with Gasteiger partial charge >= 0.3 is 0 Å². The van der Waals surface area contributed by atoms with Gasteiger partial charge < -0.3 is 10.7 Å². The van der Waals surface area contributed by atoms with E-state index in [1.165, 1.54) is 11.3 Å². The summed E-state index contributed by atoms with van der Waals surface area (Å²) in [5.74, 6) is 0.214. The number of nitrogens with zero attached hydrogens (tertiary/aromatic N) is 1. The number of aromatic nitrogens is 2. The second-order valence-electron chi connectivity index (χ2n) is 5.16. The molecule has 21 heavy (non-hydrogen) atoms. The zero-order valence-electron chi connectivity index (χ0n) is 12.4. The Labute approximate surface area is 131 Å². The van der Waals surface area contributed by atoms with Crippen LogP contribution in [0.5, 0.6) is 0 Å². The number of H-pyrrole nitrogens is 1. The largest absolute Gasteiger partial charge is 0.369 e. The van der Waals surface area contributed by atoms with Gasteiger partial charge in [0.2, 0.25) is 5.91 Å². The predicted octanol–water partition coefficient (Wildman–Crippen LogP) is 2.46. The highest BCUT2D eigenvalue weighted by Gasteiger charge is 2.17. The van der Waals surface area contributed by atoms with Crippen LogP contribution in [0.4, 0.5) is 0 Å². The van der Waals surface area contributed by atoms with Gasteiger partial charge in [-0.05, 0) is 24.8 Å². The molecule has 0 aliphatic rings. The average molecular weight is 325 g/mol. The Morgan fingerprint density at radius 1 is 1.52 bits per heavy atom. The van der Waals surface area contributed by atoms with Crippen molar-refractivity contribution < 1.29 is 4.79 Å². The molecule has 0 spiro atoms. The van der Waals surface area contributed by atoms with Crippen molar-refractivity contribution in [3.63, 3.8) is 0 Å². The van der Waals surface area contributed by atoms with E-state index in [0.717, 1.165) is 39.9 Å². The lowest BCUT2D eigenvalue weighted by molar-refractivity contribution is -0.115. The molecule has 2 rings (SSSR count). The second kappa shape index (κ2) is 6.62. The highest BCUT2D eigenvalue weighted by Crippen LogP contribution is 2.30. The molecular formula is C14H19N3O2S2. The van der Waals surface area contributed by atoms with Gasteiger partial charge in [-0.2, -0.15) is 0 Å². The molecule has 5 nitrogen and oxygen atoms in total. The molecule has 0 bridgehead atoms. The summed E-state index contributed by atoms with van der Waals surface area (Å²) in [6.07, 6.45) is 1.97. The summed E-state index contributed by atoms with van der Waals surface area (Å²) in [6.45, 7) is 6.36. The molecule has 114 valence electrons. The molecule has 0 saturated heterocycles. The van der Waals surface area contributed by atoms with Gasteiger partial charge in [0.15, 0.2) is 5.16 Å². The molecule has 2 heterocycles. The van der Waals surface area contributed by atoms with Crippen molar-refractivity contribution in [3.05, 3.63) is 20.8 Å². The first-order valence-corrected chi connectivity index (χ1v) is 8.66. The standard InChI is InChI=1S/C14H19N3O2S2/c1-4-7(2)5-9-8(3)21-13-11(9)12(19)16-14(17-13)20-6-10(15)18/h7H,4-6H2,1-3H3,(H2,15,18)(H,16,17,19)/t7-/m1/s1. The maximum absolute atomic E-state index is 12.3. The van der Waals surface area contributed by atoms with E-state index >= 15 is 0 Å². The minimum Gasteiger partial charge on any atom is -0.369 e. The van der Waals surface area contributed by atoms with Gasteiger partial charge in [0.1, 0.15) is 4.83 Å². The van der Waals surface area contributed by atoms with Crippen LogP contribution in [-0.4, -0.2) is 21.6 Å². The smallest absolute Gasteiger partial charge is 0.260 e. The van der Waals surface area contributed by atoms with E-state index in [0.29, 0.717) is 16.5 Å². The van der Waals surface area contributed by atoms with Gasteiger partial charge in [0.05, 0.1) is 11.1 Å². The van der Waals surface area contributed by atoms with E-state index in [4.69, 9.17) is 5.73 Å². The van der Waals surface area contributed by atoms with E-state index in [1.807, 2.05) is 6.92 Å². The molecule has 3 N–H and O–H groups in total. The number of aryl methyl sites for hydroxylation is 1. The fraction of sp³-hybridized carbons (Fsp3) is 0.500. The van der Waals surface area contributed by atoms with Crippen LogP contribution in [0.25, 0.3) is 10.2 Å². The summed E-state index contributed by atoms with van der Waals surface area (Å²) in [7, 11) is 0. The first-order chi connectivity index (χ1) is 9.92. The second-order valence-corrected chi connectivity index (χ2v) is 7.33. The SMILES string of the molecule is CC[C@@H](C)Cc1c(C)sc2nc(SCC(N)=O)[nH]c(=O)c12. The van der Waals surface area contributed by atoms with Crippen molar-refractivity contribution in [3.8, 4) is 0 Å². The van der Waals surface area contributed by atoms with Crippen LogP contribution in [0.2, 0.25) is 0 Å². The van der Waals surface area contributed by atoms with E-state index in [1.54, 1.807) is 0 Å². The highest BCUT2D eigenvalue weighted by molar-refractivity contribution is 7.99. The molecule has 0 fully saturated rings. The third kappa shape index (κ3) is 3.65. The fourth-order valence-electron chi connectivity index (χ4n) is 2.10. The average Bonchev–Trinajstić information content (AvgIpc) is 2.73. The number of thiophene rings is 1. The summed E-state index contributed by atoms with van der Waals surface area (Å²) in [6, 6.07) is 0. The Morgan fingerprint density at radius 3 is 2.86 bits per heavy atom. The number of hydrogen-bond donors (Lipinski definition) is 2. The Balaban J connectivity index is 2.43. The van der Waals surface area contributed by atoms with Crippen molar-refractivity contribution in [2.75, 3.05) is 5.75 Å². The number of carbonyl (C=O) groups is 1. The van der Waals surface area contributed by atoms with Crippen LogP contribution in [-0.2, 0) is 11.2 Å². The number of rotatable bonds is 6. The van der Waals surface area contributed by atoms with E-state index in [2.05, 4.69) is 23.8 Å². The van der Waals surface area contributed by atoms with Crippen LogP contribution in [0.15, 0.2) is 9.95 Å². The van der Waals surface area contributed by atoms with Crippen molar-refractivity contribution >= 4 is 39.2 Å². The Bertz CT molecular complexity index is 721. The van der Waals surface area contributed by atoms with Gasteiger partial charge in [-0.25, -0.2) is 4.98 Å². The molecule has 7 heteroatoms. The maximum atomic E-state index is 12.3. The maximum Gasteiger partial charge on any atom is 0.260 e. The topological polar surface area (TPSA) is 88.8 Å². The number of nitrogens with two attached hydrogens (primary N) is 1. The quantitative estimate of drug-likeness (QED) is 0.631. The minimum atomic E-state index is -0.428.